The van der Waals surface area contributed by atoms with E-state index in [0.717, 1.165) is 4.90 Å². The molecule has 0 bridgehead atoms. The molecule has 1 N–H and O–H groups in total. The molecule has 1 aromatic rings. The van der Waals surface area contributed by atoms with E-state index in [4.69, 9.17) is 4.74 Å². The van der Waals surface area contributed by atoms with Crippen molar-refractivity contribution < 1.29 is 41.9 Å². The smallest absolute Gasteiger partial charge is 0.397 e. The van der Waals surface area contributed by atoms with Crippen LogP contribution in [0.2, 0.25) is 0 Å². The first-order valence-electron chi connectivity index (χ1n) is 12.1. The summed E-state index contributed by atoms with van der Waals surface area (Å²) >= 11 is 0. The van der Waals surface area contributed by atoms with Crippen LogP contribution in [0, 0.1) is 0 Å². The molecule has 0 spiro atoms. The van der Waals surface area contributed by atoms with Crippen molar-refractivity contribution >= 4 is 29.5 Å². The van der Waals surface area contributed by atoms with E-state index in [1.165, 1.54) is 11.0 Å². The second-order valence-electron chi connectivity index (χ2n) is 9.20. The number of fused-ring (bicyclic) bond motifs is 1. The molecule has 4 rings (SSSR count). The fraction of sp³-hybridized carbons (Fsp3) is 0.542. The van der Waals surface area contributed by atoms with Crippen LogP contribution in [0.5, 0.6) is 5.75 Å². The van der Waals surface area contributed by atoms with Gasteiger partial charge in [0.15, 0.2) is 0 Å². The van der Waals surface area contributed by atoms with Crippen LogP contribution < -0.4 is 10.1 Å². The number of hydrogen-bond donors (Lipinski definition) is 1. The summed E-state index contributed by atoms with van der Waals surface area (Å²) in [7, 11) is 0. The average Bonchev–Trinajstić information content (AvgIpc) is 2.97. The Morgan fingerprint density at radius 3 is 2.57 bits per heavy atom. The van der Waals surface area contributed by atoms with Crippen LogP contribution in [0.4, 0.5) is 13.2 Å². The lowest BCUT2D eigenvalue weighted by Gasteiger charge is -2.27. The van der Waals surface area contributed by atoms with Gasteiger partial charge in [0.1, 0.15) is 18.2 Å². The molecule has 1 unspecified atom stereocenters. The molecule has 1 aromatic carbocycles. The van der Waals surface area contributed by atoms with E-state index in [1.807, 2.05) is 4.90 Å². The first kappa shape index (κ1) is 26.6. The van der Waals surface area contributed by atoms with Crippen LogP contribution in [-0.2, 0) is 14.4 Å². The Kier molecular flexibility index (Phi) is 7.81. The van der Waals surface area contributed by atoms with Gasteiger partial charge in [0.2, 0.25) is 17.7 Å². The molecule has 10 nitrogen and oxygen atoms in total. The molecule has 0 radical (unpaired) electrons. The van der Waals surface area contributed by atoms with Crippen molar-refractivity contribution in [3.63, 3.8) is 0 Å². The van der Waals surface area contributed by atoms with Crippen molar-refractivity contribution in [3.05, 3.63) is 29.3 Å². The van der Waals surface area contributed by atoms with E-state index in [0.29, 0.717) is 32.5 Å². The zero-order valence-electron chi connectivity index (χ0n) is 20.0. The molecule has 0 aliphatic carbocycles. The van der Waals surface area contributed by atoms with Crippen LogP contribution in [0.15, 0.2) is 18.2 Å². The Bertz CT molecular complexity index is 1110. The van der Waals surface area contributed by atoms with Gasteiger partial charge in [-0.25, -0.2) is 0 Å². The van der Waals surface area contributed by atoms with Gasteiger partial charge in [-0.2, -0.15) is 13.2 Å². The number of imide groups is 2. The summed E-state index contributed by atoms with van der Waals surface area (Å²) in [4.78, 5) is 65.7. The Hall–Kier alpha value is -3.48. The van der Waals surface area contributed by atoms with Gasteiger partial charge >= 0.3 is 6.18 Å². The molecule has 0 aromatic heterocycles. The molecule has 5 amide bonds. The largest absolute Gasteiger partial charge is 0.493 e. The second-order valence-corrected chi connectivity index (χ2v) is 9.20. The Labute approximate surface area is 210 Å². The van der Waals surface area contributed by atoms with Crippen molar-refractivity contribution in [2.75, 3.05) is 39.3 Å². The molecule has 2 fully saturated rings. The highest BCUT2D eigenvalue weighted by molar-refractivity contribution is 6.24. The predicted molar refractivity (Wildman–Crippen MR) is 122 cm³/mol. The van der Waals surface area contributed by atoms with Crippen molar-refractivity contribution in [1.29, 1.82) is 0 Å². The highest BCUT2D eigenvalue weighted by Gasteiger charge is 2.46. The number of ether oxygens (including phenoxy) is 1. The van der Waals surface area contributed by atoms with Gasteiger partial charge in [-0.15, -0.1) is 0 Å². The number of hydrogen-bond acceptors (Lipinski definition) is 7. The third-order valence-electron chi connectivity index (χ3n) is 6.60. The van der Waals surface area contributed by atoms with Crippen LogP contribution in [-0.4, -0.2) is 95.8 Å². The number of benzene rings is 1. The van der Waals surface area contributed by atoms with Gasteiger partial charge in [-0.1, -0.05) is 6.07 Å². The van der Waals surface area contributed by atoms with Gasteiger partial charge in [0.05, 0.1) is 17.7 Å². The number of rotatable bonds is 7. The van der Waals surface area contributed by atoms with E-state index in [2.05, 4.69) is 5.32 Å². The monoisotopic (exact) mass is 524 g/mol. The third-order valence-corrected chi connectivity index (χ3v) is 6.60. The maximum atomic E-state index is 13.1. The summed E-state index contributed by atoms with van der Waals surface area (Å²) in [6.07, 6.45) is -4.80. The molecule has 1 atom stereocenters. The lowest BCUT2D eigenvalue weighted by molar-refractivity contribution is -0.161. The Balaban J connectivity index is 1.30. The second kappa shape index (κ2) is 10.9. The molecule has 3 aliphatic heterocycles. The number of alkyl halides is 3. The summed E-state index contributed by atoms with van der Waals surface area (Å²) in [5, 5.41) is 2.15. The van der Waals surface area contributed by atoms with Crippen LogP contribution in [0.3, 0.4) is 0 Å². The number of amides is 5. The molecular weight excluding hydrogens is 497 g/mol. The SMILES string of the molecule is O=C1CCC(N2C(=O)c3cccc(OCCCN4CCCN(C(=O)CC(F)(F)F)CC4)c3C2=O)C(=O)N1. The maximum absolute atomic E-state index is 13.1. The topological polar surface area (TPSA) is 116 Å². The normalized spacial score (nSPS) is 21.1. The third kappa shape index (κ3) is 6.09. The fourth-order valence-corrected chi connectivity index (χ4v) is 4.80. The lowest BCUT2D eigenvalue weighted by atomic mass is 10.0. The minimum Gasteiger partial charge on any atom is -0.493 e. The Morgan fingerprint density at radius 1 is 1.05 bits per heavy atom. The number of nitrogens with zero attached hydrogens (tertiary/aromatic N) is 3. The molecule has 2 saturated heterocycles. The highest BCUT2D eigenvalue weighted by atomic mass is 19.4. The van der Waals surface area contributed by atoms with Gasteiger partial charge in [0, 0.05) is 32.6 Å². The number of carbonyl (C=O) groups excluding carboxylic acids is 5. The summed E-state index contributed by atoms with van der Waals surface area (Å²) in [5.74, 6) is -3.11. The first-order chi connectivity index (χ1) is 17.5. The summed E-state index contributed by atoms with van der Waals surface area (Å²) in [6, 6.07) is 3.56. The van der Waals surface area contributed by atoms with Crippen molar-refractivity contribution in [3.8, 4) is 5.75 Å². The standard InChI is InChI=1S/C24H27F3N4O6/c25-24(26,27)14-19(33)30-10-2-8-29(11-12-30)9-3-13-37-17-5-1-4-15-20(17)23(36)31(22(15)35)16-6-7-18(32)28-21(16)34/h1,4-5,16H,2-3,6-14H2,(H,28,32,34). The number of halogens is 3. The fourth-order valence-electron chi connectivity index (χ4n) is 4.80. The van der Waals surface area contributed by atoms with Gasteiger partial charge < -0.3 is 14.5 Å². The van der Waals surface area contributed by atoms with Crippen molar-refractivity contribution in [2.24, 2.45) is 0 Å². The number of carbonyl (C=O) groups is 5. The number of piperidine rings is 1. The average molecular weight is 524 g/mol. The summed E-state index contributed by atoms with van der Waals surface area (Å²) in [6.45, 7) is 2.35. The molecular formula is C24H27F3N4O6. The molecule has 200 valence electrons. The van der Waals surface area contributed by atoms with E-state index in [9.17, 15) is 37.1 Å². The quantitative estimate of drug-likeness (QED) is 0.423. The summed E-state index contributed by atoms with van der Waals surface area (Å²) < 4.78 is 43.4. The van der Waals surface area contributed by atoms with Gasteiger partial charge in [-0.3, -0.25) is 34.2 Å². The number of nitrogens with one attached hydrogen (secondary N) is 1. The molecule has 13 heteroatoms. The molecule has 0 saturated carbocycles. The van der Waals surface area contributed by atoms with Gasteiger partial charge in [-0.05, 0) is 37.9 Å². The molecule has 3 heterocycles. The lowest BCUT2D eigenvalue weighted by Crippen LogP contribution is -2.54. The van der Waals surface area contributed by atoms with E-state index < -0.39 is 48.2 Å². The van der Waals surface area contributed by atoms with Gasteiger partial charge in [0.25, 0.3) is 11.8 Å². The highest BCUT2D eigenvalue weighted by Crippen LogP contribution is 2.33. The maximum Gasteiger partial charge on any atom is 0.397 e. The summed E-state index contributed by atoms with van der Waals surface area (Å²) in [5.41, 5.74) is 0.203. The van der Waals surface area contributed by atoms with E-state index in [1.54, 1.807) is 12.1 Å². The predicted octanol–water partition coefficient (Wildman–Crippen LogP) is 1.34. The zero-order valence-corrected chi connectivity index (χ0v) is 20.0. The van der Waals surface area contributed by atoms with Crippen molar-refractivity contribution in [1.82, 2.24) is 20.0 Å². The van der Waals surface area contributed by atoms with Crippen LogP contribution in [0.25, 0.3) is 0 Å². The van der Waals surface area contributed by atoms with Crippen LogP contribution in [0.1, 0.15) is 52.8 Å². The van der Waals surface area contributed by atoms with E-state index >= 15 is 0 Å². The minimum absolute atomic E-state index is 0.0257. The first-order valence-corrected chi connectivity index (χ1v) is 12.1. The van der Waals surface area contributed by atoms with Crippen molar-refractivity contribution in [2.45, 2.75) is 44.3 Å². The Morgan fingerprint density at radius 2 is 1.84 bits per heavy atom. The molecule has 37 heavy (non-hydrogen) atoms. The zero-order chi connectivity index (χ0) is 26.7. The van der Waals surface area contributed by atoms with E-state index in [-0.39, 0.29) is 49.4 Å². The minimum atomic E-state index is -4.52. The van der Waals surface area contributed by atoms with Crippen LogP contribution >= 0.6 is 0 Å². The molecule has 3 aliphatic rings.